The molecule has 1 aliphatic heterocycles. The minimum atomic E-state index is -0.439. The Morgan fingerprint density at radius 2 is 1.90 bits per heavy atom. The van der Waals surface area contributed by atoms with E-state index in [2.05, 4.69) is 36.1 Å². The van der Waals surface area contributed by atoms with Gasteiger partial charge in [-0.15, -0.1) is 0 Å². The van der Waals surface area contributed by atoms with E-state index in [4.69, 9.17) is 4.74 Å². The van der Waals surface area contributed by atoms with Crippen LogP contribution in [0.2, 0.25) is 0 Å². The Hall–Kier alpha value is -1.65. The number of rotatable bonds is 2. The maximum atomic E-state index is 12.2. The van der Waals surface area contributed by atoms with Crippen LogP contribution in [0.3, 0.4) is 0 Å². The standard InChI is InChI=1S/C16H27N3O2/c1-12-8-9-13(2)19(12)17-14-7-6-10-18(11-14)15(20)21-16(3,4)5/h8-9,14,17H,6-7,10-11H2,1-5H3. The van der Waals surface area contributed by atoms with E-state index in [9.17, 15) is 4.79 Å². The number of amides is 1. The number of likely N-dealkylation sites (tertiary alicyclic amines) is 1. The molecular weight excluding hydrogens is 266 g/mol. The summed E-state index contributed by atoms with van der Waals surface area (Å²) >= 11 is 0. The smallest absolute Gasteiger partial charge is 0.410 e. The first kappa shape index (κ1) is 15.7. The van der Waals surface area contributed by atoms with Gasteiger partial charge < -0.3 is 15.1 Å². The Balaban J connectivity index is 1.96. The maximum Gasteiger partial charge on any atom is 0.410 e. The quantitative estimate of drug-likeness (QED) is 0.911. The summed E-state index contributed by atoms with van der Waals surface area (Å²) in [7, 11) is 0. The molecule has 0 bridgehead atoms. The van der Waals surface area contributed by atoms with Crippen LogP contribution in [0.1, 0.15) is 45.0 Å². The largest absolute Gasteiger partial charge is 0.444 e. The van der Waals surface area contributed by atoms with E-state index in [1.807, 2.05) is 20.8 Å². The van der Waals surface area contributed by atoms with E-state index >= 15 is 0 Å². The topological polar surface area (TPSA) is 46.5 Å². The summed E-state index contributed by atoms with van der Waals surface area (Å²) in [5.74, 6) is 0. The molecule has 5 heteroatoms. The zero-order valence-corrected chi connectivity index (χ0v) is 13.8. The third-order valence-corrected chi connectivity index (χ3v) is 3.66. The first-order chi connectivity index (χ1) is 9.76. The van der Waals surface area contributed by atoms with Crippen molar-refractivity contribution in [1.29, 1.82) is 0 Å². The van der Waals surface area contributed by atoms with Gasteiger partial charge in [-0.2, -0.15) is 0 Å². The minimum absolute atomic E-state index is 0.213. The first-order valence-electron chi connectivity index (χ1n) is 7.66. The Bertz CT molecular complexity index is 483. The molecule has 0 aromatic carbocycles. The van der Waals surface area contributed by atoms with Gasteiger partial charge in [0.05, 0.1) is 6.04 Å². The molecule has 1 aromatic rings. The predicted molar refractivity (Wildman–Crippen MR) is 84.1 cm³/mol. The molecule has 2 heterocycles. The third kappa shape index (κ3) is 4.16. The summed E-state index contributed by atoms with van der Waals surface area (Å²) in [6.07, 6.45) is 1.85. The third-order valence-electron chi connectivity index (χ3n) is 3.66. The maximum absolute atomic E-state index is 12.2. The summed E-state index contributed by atoms with van der Waals surface area (Å²) in [5, 5.41) is 0. The van der Waals surface area contributed by atoms with Crippen LogP contribution in [-0.4, -0.2) is 40.4 Å². The Kier molecular flexibility index (Phi) is 4.49. The van der Waals surface area contributed by atoms with E-state index in [1.165, 1.54) is 11.4 Å². The minimum Gasteiger partial charge on any atom is -0.444 e. The summed E-state index contributed by atoms with van der Waals surface area (Å²) in [5.41, 5.74) is 5.44. The van der Waals surface area contributed by atoms with Crippen LogP contribution in [0.15, 0.2) is 12.1 Å². The molecule has 1 amide bonds. The number of nitrogens with one attached hydrogen (secondary N) is 1. The zero-order valence-electron chi connectivity index (χ0n) is 13.8. The van der Waals surface area contributed by atoms with Gasteiger partial charge in [0, 0.05) is 24.5 Å². The van der Waals surface area contributed by atoms with E-state index in [0.29, 0.717) is 6.54 Å². The number of carbonyl (C=O) groups is 1. The van der Waals surface area contributed by atoms with Crippen LogP contribution in [0.25, 0.3) is 0 Å². The number of aromatic nitrogens is 1. The molecule has 2 rings (SSSR count). The lowest BCUT2D eigenvalue weighted by Gasteiger charge is -2.35. The fourth-order valence-electron chi connectivity index (χ4n) is 2.63. The van der Waals surface area contributed by atoms with Gasteiger partial charge in [-0.3, -0.25) is 4.68 Å². The van der Waals surface area contributed by atoms with Gasteiger partial charge in [0.15, 0.2) is 0 Å². The van der Waals surface area contributed by atoms with Crippen molar-refractivity contribution in [2.24, 2.45) is 0 Å². The van der Waals surface area contributed by atoms with Crippen molar-refractivity contribution >= 4 is 6.09 Å². The van der Waals surface area contributed by atoms with E-state index in [0.717, 1.165) is 19.4 Å². The predicted octanol–water partition coefficient (Wildman–Crippen LogP) is 3.05. The van der Waals surface area contributed by atoms with Crippen LogP contribution in [0.5, 0.6) is 0 Å². The number of nitrogens with zero attached hydrogens (tertiary/aromatic N) is 2. The number of aryl methyl sites for hydroxylation is 2. The normalized spacial score (nSPS) is 19.5. The molecule has 1 atom stereocenters. The van der Waals surface area contributed by atoms with Gasteiger partial charge in [-0.25, -0.2) is 4.79 Å². The highest BCUT2D eigenvalue weighted by Gasteiger charge is 2.27. The highest BCUT2D eigenvalue weighted by Crippen LogP contribution is 2.17. The molecule has 1 unspecified atom stereocenters. The molecule has 0 aliphatic carbocycles. The lowest BCUT2D eigenvalue weighted by Crippen LogP contribution is -2.48. The molecule has 0 spiro atoms. The van der Waals surface area contributed by atoms with E-state index in [1.54, 1.807) is 4.90 Å². The number of ether oxygens (including phenoxy) is 1. The molecule has 21 heavy (non-hydrogen) atoms. The number of hydrogen-bond acceptors (Lipinski definition) is 3. The Morgan fingerprint density at radius 3 is 2.48 bits per heavy atom. The van der Waals surface area contributed by atoms with Crippen molar-refractivity contribution in [3.63, 3.8) is 0 Å². The van der Waals surface area contributed by atoms with Crippen LogP contribution >= 0.6 is 0 Å². The molecule has 1 aliphatic rings. The van der Waals surface area contributed by atoms with Crippen LogP contribution in [-0.2, 0) is 4.74 Å². The van der Waals surface area contributed by atoms with Crippen molar-refractivity contribution in [2.75, 3.05) is 18.5 Å². The van der Waals surface area contributed by atoms with Gasteiger partial charge in [-0.1, -0.05) is 0 Å². The second kappa shape index (κ2) is 6.00. The Labute approximate surface area is 127 Å². The van der Waals surface area contributed by atoms with Gasteiger partial charge in [-0.05, 0) is 59.6 Å². The molecule has 0 radical (unpaired) electrons. The molecule has 5 nitrogen and oxygen atoms in total. The molecule has 1 N–H and O–H groups in total. The summed E-state index contributed by atoms with van der Waals surface area (Å²) in [4.78, 5) is 14.0. The summed E-state index contributed by atoms with van der Waals surface area (Å²) < 4.78 is 7.56. The van der Waals surface area contributed by atoms with Crippen molar-refractivity contribution in [1.82, 2.24) is 9.58 Å². The van der Waals surface area contributed by atoms with Crippen LogP contribution in [0.4, 0.5) is 4.79 Å². The fraction of sp³-hybridized carbons (Fsp3) is 0.688. The van der Waals surface area contributed by atoms with Crippen molar-refractivity contribution in [3.8, 4) is 0 Å². The second-order valence-corrected chi connectivity index (χ2v) is 6.85. The molecule has 118 valence electrons. The number of hydrogen-bond donors (Lipinski definition) is 1. The van der Waals surface area contributed by atoms with Crippen LogP contribution < -0.4 is 5.43 Å². The average molecular weight is 293 g/mol. The van der Waals surface area contributed by atoms with Crippen molar-refractivity contribution in [2.45, 2.75) is 59.1 Å². The highest BCUT2D eigenvalue weighted by molar-refractivity contribution is 5.68. The van der Waals surface area contributed by atoms with E-state index in [-0.39, 0.29) is 12.1 Å². The lowest BCUT2D eigenvalue weighted by molar-refractivity contribution is 0.0203. The van der Waals surface area contributed by atoms with Gasteiger partial charge in [0.1, 0.15) is 5.60 Å². The SMILES string of the molecule is Cc1ccc(C)n1NC1CCCN(C(=O)OC(C)(C)C)C1. The Morgan fingerprint density at radius 1 is 1.29 bits per heavy atom. The van der Waals surface area contributed by atoms with Crippen molar-refractivity contribution < 1.29 is 9.53 Å². The van der Waals surface area contributed by atoms with Crippen molar-refractivity contribution in [3.05, 3.63) is 23.5 Å². The van der Waals surface area contributed by atoms with Gasteiger partial charge >= 0.3 is 6.09 Å². The summed E-state index contributed by atoms with van der Waals surface area (Å²) in [6, 6.07) is 4.45. The fourth-order valence-corrected chi connectivity index (χ4v) is 2.63. The average Bonchev–Trinajstić information content (AvgIpc) is 2.69. The van der Waals surface area contributed by atoms with Crippen LogP contribution in [0, 0.1) is 13.8 Å². The monoisotopic (exact) mass is 293 g/mol. The molecule has 1 fully saturated rings. The number of carbonyl (C=O) groups excluding carboxylic acids is 1. The van der Waals surface area contributed by atoms with Gasteiger partial charge in [0.2, 0.25) is 0 Å². The zero-order chi connectivity index (χ0) is 15.6. The molecule has 1 saturated heterocycles. The molecular formula is C16H27N3O2. The molecule has 1 aromatic heterocycles. The number of piperidine rings is 1. The highest BCUT2D eigenvalue weighted by atomic mass is 16.6. The first-order valence-corrected chi connectivity index (χ1v) is 7.66. The summed E-state index contributed by atoms with van der Waals surface area (Å²) in [6.45, 7) is 11.3. The lowest BCUT2D eigenvalue weighted by atomic mass is 10.1. The molecule has 0 saturated carbocycles. The second-order valence-electron chi connectivity index (χ2n) is 6.85. The van der Waals surface area contributed by atoms with E-state index < -0.39 is 5.60 Å². The van der Waals surface area contributed by atoms with Gasteiger partial charge in [0.25, 0.3) is 0 Å².